The van der Waals surface area contributed by atoms with Crippen molar-refractivity contribution in [1.29, 1.82) is 0 Å². The number of aromatic nitrogens is 2. The van der Waals surface area contributed by atoms with E-state index in [2.05, 4.69) is 10.4 Å². The average Bonchev–Trinajstić information content (AvgIpc) is 3.01. The molecule has 0 aliphatic carbocycles. The molecule has 1 amide bonds. The number of carbonyl (C=O) groups is 1. The molecule has 1 aromatic heterocycles. The van der Waals surface area contributed by atoms with Gasteiger partial charge >= 0.3 is 0 Å². The summed E-state index contributed by atoms with van der Waals surface area (Å²) < 4.78 is 28.2. The third-order valence-electron chi connectivity index (χ3n) is 3.95. The Morgan fingerprint density at radius 2 is 1.88 bits per heavy atom. The molecule has 0 spiro atoms. The summed E-state index contributed by atoms with van der Waals surface area (Å²) in [6.45, 7) is 0.362. The van der Waals surface area contributed by atoms with Gasteiger partial charge in [0.2, 0.25) is 0 Å². The minimum Gasteiger partial charge on any atom is -0.352 e. The summed E-state index contributed by atoms with van der Waals surface area (Å²) in [5.74, 6) is -2.12. The molecule has 4 nitrogen and oxygen atoms in total. The lowest BCUT2D eigenvalue weighted by molar-refractivity contribution is 0.0950. The van der Waals surface area contributed by atoms with Crippen LogP contribution in [0.3, 0.4) is 0 Å². The van der Waals surface area contributed by atoms with Gasteiger partial charge in [-0.2, -0.15) is 5.10 Å². The number of carbonyl (C=O) groups excluding carboxylic acids is 1. The van der Waals surface area contributed by atoms with Crippen LogP contribution < -0.4 is 5.32 Å². The van der Waals surface area contributed by atoms with Crippen LogP contribution >= 0.6 is 0 Å². The molecule has 0 saturated heterocycles. The highest BCUT2D eigenvalue weighted by Gasteiger charge is 2.11. The first-order chi connectivity index (χ1) is 12.0. The highest BCUT2D eigenvalue weighted by atomic mass is 19.1. The second-order valence-electron chi connectivity index (χ2n) is 5.67. The summed E-state index contributed by atoms with van der Waals surface area (Å²) >= 11 is 0. The summed E-state index contributed by atoms with van der Waals surface area (Å²) in [6.07, 6.45) is 2.35. The van der Waals surface area contributed by atoms with Crippen LogP contribution in [0.25, 0.3) is 11.3 Å². The van der Waals surface area contributed by atoms with Crippen molar-refractivity contribution >= 4 is 5.91 Å². The topological polar surface area (TPSA) is 46.9 Å². The zero-order chi connectivity index (χ0) is 17.8. The third-order valence-corrected chi connectivity index (χ3v) is 3.95. The summed E-state index contributed by atoms with van der Waals surface area (Å²) in [6, 6.07) is 12.8. The predicted molar refractivity (Wildman–Crippen MR) is 91.0 cm³/mol. The van der Waals surface area contributed by atoms with Crippen LogP contribution in [0.15, 0.2) is 54.7 Å². The van der Waals surface area contributed by atoms with E-state index in [0.29, 0.717) is 19.0 Å². The molecule has 0 saturated carbocycles. The largest absolute Gasteiger partial charge is 0.352 e. The molecule has 0 radical (unpaired) electrons. The van der Waals surface area contributed by atoms with Crippen LogP contribution in [-0.2, 0) is 13.5 Å². The van der Waals surface area contributed by atoms with Gasteiger partial charge in [0.1, 0.15) is 11.6 Å². The third kappa shape index (κ3) is 3.91. The monoisotopic (exact) mass is 341 g/mol. The second kappa shape index (κ2) is 7.25. The maximum atomic E-state index is 13.6. The number of amides is 1. The molecule has 2 aromatic carbocycles. The fraction of sp³-hybridized carbons (Fsp3) is 0.158. The molecule has 0 aliphatic heterocycles. The van der Waals surface area contributed by atoms with Crippen molar-refractivity contribution in [2.45, 2.75) is 6.42 Å². The first-order valence-electron chi connectivity index (χ1n) is 7.85. The molecule has 6 heteroatoms. The average molecular weight is 341 g/mol. The van der Waals surface area contributed by atoms with Gasteiger partial charge in [-0.25, -0.2) is 8.78 Å². The lowest BCUT2D eigenvalue weighted by Crippen LogP contribution is -2.26. The molecule has 0 bridgehead atoms. The van der Waals surface area contributed by atoms with Crippen molar-refractivity contribution in [2.75, 3.05) is 6.54 Å². The van der Waals surface area contributed by atoms with Gasteiger partial charge in [-0.3, -0.25) is 9.48 Å². The van der Waals surface area contributed by atoms with Gasteiger partial charge in [0.05, 0.1) is 11.3 Å². The van der Waals surface area contributed by atoms with Crippen LogP contribution in [0, 0.1) is 11.6 Å². The van der Waals surface area contributed by atoms with Crippen LogP contribution in [0.5, 0.6) is 0 Å². The maximum Gasteiger partial charge on any atom is 0.254 e. The molecule has 0 fully saturated rings. The Bertz CT molecular complexity index is 888. The quantitative estimate of drug-likeness (QED) is 0.774. The Labute approximate surface area is 144 Å². The fourth-order valence-electron chi connectivity index (χ4n) is 2.59. The van der Waals surface area contributed by atoms with E-state index in [0.717, 1.165) is 29.0 Å². The number of aryl methyl sites for hydroxylation is 1. The van der Waals surface area contributed by atoms with E-state index < -0.39 is 17.5 Å². The standard InChI is InChI=1S/C19H17F2N3O/c1-24-18(9-11-23-24)14-4-2-13(3-5-14)8-10-22-19(25)16-7-6-15(20)12-17(16)21/h2-7,9,11-12H,8,10H2,1H3,(H,22,25). The fourth-order valence-corrected chi connectivity index (χ4v) is 2.59. The van der Waals surface area contributed by atoms with Gasteiger partial charge in [0.15, 0.2) is 0 Å². The number of halogens is 2. The number of benzene rings is 2. The van der Waals surface area contributed by atoms with Gasteiger partial charge in [-0.1, -0.05) is 24.3 Å². The summed E-state index contributed by atoms with van der Waals surface area (Å²) in [7, 11) is 1.88. The van der Waals surface area contributed by atoms with E-state index in [-0.39, 0.29) is 5.56 Å². The van der Waals surface area contributed by atoms with Gasteiger partial charge in [0, 0.05) is 25.9 Å². The van der Waals surface area contributed by atoms with Crippen LogP contribution in [0.4, 0.5) is 8.78 Å². The second-order valence-corrected chi connectivity index (χ2v) is 5.67. The number of rotatable bonds is 5. The normalized spacial score (nSPS) is 10.7. The van der Waals surface area contributed by atoms with Crippen LogP contribution in [-0.4, -0.2) is 22.2 Å². The Hall–Kier alpha value is -3.02. The molecule has 0 unspecified atom stereocenters. The molecule has 3 aromatic rings. The summed E-state index contributed by atoms with van der Waals surface area (Å²) in [5, 5.41) is 6.78. The highest BCUT2D eigenvalue weighted by molar-refractivity contribution is 5.94. The molecular formula is C19H17F2N3O. The first kappa shape index (κ1) is 16.8. The number of nitrogens with zero attached hydrogens (tertiary/aromatic N) is 2. The Morgan fingerprint density at radius 3 is 2.52 bits per heavy atom. The molecule has 1 heterocycles. The lowest BCUT2D eigenvalue weighted by atomic mass is 10.1. The van der Waals surface area contributed by atoms with Gasteiger partial charge in [-0.05, 0) is 35.7 Å². The highest BCUT2D eigenvalue weighted by Crippen LogP contribution is 2.18. The Kier molecular flexibility index (Phi) is 4.88. The molecule has 3 rings (SSSR count). The summed E-state index contributed by atoms with van der Waals surface area (Å²) in [5.41, 5.74) is 2.96. The summed E-state index contributed by atoms with van der Waals surface area (Å²) in [4.78, 5) is 11.9. The molecule has 1 N–H and O–H groups in total. The van der Waals surface area contributed by atoms with Crippen molar-refractivity contribution in [3.05, 3.63) is 77.5 Å². The van der Waals surface area contributed by atoms with Crippen molar-refractivity contribution in [3.63, 3.8) is 0 Å². The molecule has 0 aliphatic rings. The molecular weight excluding hydrogens is 324 g/mol. The van der Waals surface area contributed by atoms with Crippen LogP contribution in [0.1, 0.15) is 15.9 Å². The van der Waals surface area contributed by atoms with E-state index in [1.54, 1.807) is 10.9 Å². The van der Waals surface area contributed by atoms with E-state index in [1.165, 1.54) is 0 Å². The van der Waals surface area contributed by atoms with Crippen molar-refractivity contribution in [2.24, 2.45) is 7.05 Å². The molecule has 128 valence electrons. The Balaban J connectivity index is 1.57. The Morgan fingerprint density at radius 1 is 1.12 bits per heavy atom. The van der Waals surface area contributed by atoms with Crippen LogP contribution in [0.2, 0.25) is 0 Å². The van der Waals surface area contributed by atoms with Gasteiger partial charge in [0.25, 0.3) is 5.91 Å². The molecule has 25 heavy (non-hydrogen) atoms. The minimum atomic E-state index is -0.863. The maximum absolute atomic E-state index is 13.6. The van der Waals surface area contributed by atoms with Crippen molar-refractivity contribution < 1.29 is 13.6 Å². The molecule has 0 atom stereocenters. The smallest absolute Gasteiger partial charge is 0.254 e. The zero-order valence-corrected chi connectivity index (χ0v) is 13.7. The van der Waals surface area contributed by atoms with E-state index in [4.69, 9.17) is 0 Å². The number of hydrogen-bond acceptors (Lipinski definition) is 2. The van der Waals surface area contributed by atoms with E-state index in [1.807, 2.05) is 37.4 Å². The number of hydrogen-bond donors (Lipinski definition) is 1. The van der Waals surface area contributed by atoms with Gasteiger partial charge in [-0.15, -0.1) is 0 Å². The first-order valence-corrected chi connectivity index (χ1v) is 7.85. The van der Waals surface area contributed by atoms with E-state index in [9.17, 15) is 13.6 Å². The SMILES string of the molecule is Cn1nccc1-c1ccc(CCNC(=O)c2ccc(F)cc2F)cc1. The minimum absolute atomic E-state index is 0.159. The zero-order valence-electron chi connectivity index (χ0n) is 13.7. The van der Waals surface area contributed by atoms with E-state index >= 15 is 0 Å². The van der Waals surface area contributed by atoms with Gasteiger partial charge < -0.3 is 5.32 Å². The predicted octanol–water partition coefficient (Wildman–Crippen LogP) is 3.34. The lowest BCUT2D eigenvalue weighted by Gasteiger charge is -2.07. The van der Waals surface area contributed by atoms with Crippen molar-refractivity contribution in [1.82, 2.24) is 15.1 Å². The number of nitrogens with one attached hydrogen (secondary N) is 1. The van der Waals surface area contributed by atoms with Crippen molar-refractivity contribution in [3.8, 4) is 11.3 Å².